The average Bonchev–Trinajstić information content (AvgIpc) is 2.58. The lowest BCUT2D eigenvalue weighted by Gasteiger charge is -2.36. The van der Waals surface area contributed by atoms with Crippen molar-refractivity contribution in [2.75, 3.05) is 26.8 Å². The molecular formula is C8H18N4O7. The first-order valence-corrected chi connectivity index (χ1v) is 5.38. The molecule has 0 aromatic rings. The molecule has 0 aromatic carbocycles. The zero-order chi connectivity index (χ0) is 14.6. The molecular weight excluding hydrogens is 264 g/mol. The summed E-state index contributed by atoms with van der Waals surface area (Å²) in [4.78, 5) is 12.7. The maximum Gasteiger partial charge on any atom is 0.317 e. The third-order valence-electron chi connectivity index (χ3n) is 2.89. The van der Waals surface area contributed by atoms with E-state index in [1.807, 2.05) is 5.32 Å². The predicted octanol–water partition coefficient (Wildman–Crippen LogP) is -4.96. The molecule has 0 aliphatic carbocycles. The van der Waals surface area contributed by atoms with Crippen LogP contribution in [0.2, 0.25) is 0 Å². The van der Waals surface area contributed by atoms with Crippen LogP contribution in [0.5, 0.6) is 0 Å². The number of carbonyl (C=O) groups is 1. The molecule has 1 aliphatic rings. The molecule has 1 heterocycles. The van der Waals surface area contributed by atoms with Crippen LogP contribution in [0.25, 0.3) is 0 Å². The first kappa shape index (κ1) is 16.0. The second-order valence-corrected chi connectivity index (χ2v) is 3.82. The van der Waals surface area contributed by atoms with Gasteiger partial charge in [-0.3, -0.25) is 0 Å². The summed E-state index contributed by atoms with van der Waals surface area (Å²) in [5, 5.41) is 60.1. The van der Waals surface area contributed by atoms with E-state index in [2.05, 4.69) is 5.32 Å². The molecule has 3 unspecified atom stereocenters. The summed E-state index contributed by atoms with van der Waals surface area (Å²) in [5.41, 5.74) is 0. The number of hydrogen-bond acceptors (Lipinski definition) is 9. The SMILES string of the molecule is O=C(NCO)NC1C(O)N(CO)C(O)(CO)N1CO. The van der Waals surface area contributed by atoms with Gasteiger partial charge in [0.15, 0.2) is 0 Å². The van der Waals surface area contributed by atoms with Gasteiger partial charge in [-0.05, 0) is 0 Å². The minimum absolute atomic E-state index is 0.651. The van der Waals surface area contributed by atoms with Crippen molar-refractivity contribution in [2.45, 2.75) is 18.2 Å². The highest BCUT2D eigenvalue weighted by Gasteiger charge is 2.56. The minimum Gasteiger partial charge on any atom is -0.390 e. The number of amides is 2. The van der Waals surface area contributed by atoms with Gasteiger partial charge < -0.3 is 41.3 Å². The number of urea groups is 1. The Morgan fingerprint density at radius 3 is 2.16 bits per heavy atom. The highest BCUT2D eigenvalue weighted by atomic mass is 16.4. The summed E-state index contributed by atoms with van der Waals surface area (Å²) >= 11 is 0. The highest BCUT2D eigenvalue weighted by molar-refractivity contribution is 5.74. The van der Waals surface area contributed by atoms with Crippen LogP contribution < -0.4 is 10.6 Å². The topological polar surface area (TPSA) is 169 Å². The summed E-state index contributed by atoms with van der Waals surface area (Å²) in [7, 11) is 0. The number of aliphatic hydroxyl groups excluding tert-OH is 5. The first-order valence-electron chi connectivity index (χ1n) is 5.38. The van der Waals surface area contributed by atoms with Crippen molar-refractivity contribution in [1.29, 1.82) is 0 Å². The molecule has 3 atom stereocenters. The molecule has 1 fully saturated rings. The number of nitrogens with zero attached hydrogens (tertiary/aromatic N) is 2. The number of rotatable bonds is 5. The maximum absolute atomic E-state index is 11.3. The van der Waals surface area contributed by atoms with Gasteiger partial charge in [-0.15, -0.1) is 0 Å². The van der Waals surface area contributed by atoms with Crippen LogP contribution in [0.15, 0.2) is 0 Å². The molecule has 1 aliphatic heterocycles. The number of nitrogens with one attached hydrogen (secondary N) is 2. The summed E-state index contributed by atoms with van der Waals surface area (Å²) in [6, 6.07) is -0.870. The third-order valence-corrected chi connectivity index (χ3v) is 2.89. The van der Waals surface area contributed by atoms with Crippen LogP contribution in [-0.2, 0) is 0 Å². The summed E-state index contributed by atoms with van der Waals surface area (Å²) in [6.45, 7) is -3.21. The van der Waals surface area contributed by atoms with E-state index in [9.17, 15) is 20.1 Å². The van der Waals surface area contributed by atoms with Crippen LogP contribution in [0.4, 0.5) is 4.79 Å². The Bertz CT molecular complexity index is 319. The van der Waals surface area contributed by atoms with E-state index in [-0.39, 0.29) is 0 Å². The zero-order valence-corrected chi connectivity index (χ0v) is 9.97. The standard InChI is InChI=1S/C8H18N4O7/c13-1-8(19)11(3-15)5(6(17)12(8)4-16)10-7(18)9-2-14/h5-6,13-17,19H,1-4H2,(H2,9,10,18). The van der Waals surface area contributed by atoms with Crippen LogP contribution in [0, 0.1) is 0 Å². The molecule has 0 aromatic heterocycles. The van der Waals surface area contributed by atoms with Gasteiger partial charge in [0.1, 0.15) is 39.2 Å². The van der Waals surface area contributed by atoms with E-state index in [1.165, 1.54) is 0 Å². The molecule has 1 rings (SSSR count). The molecule has 0 bridgehead atoms. The van der Waals surface area contributed by atoms with Crippen molar-refractivity contribution < 1.29 is 35.4 Å². The van der Waals surface area contributed by atoms with E-state index in [1.54, 1.807) is 0 Å². The maximum atomic E-state index is 11.3. The Balaban J connectivity index is 2.94. The first-order chi connectivity index (χ1) is 8.96. The lowest BCUT2D eigenvalue weighted by molar-refractivity contribution is -0.243. The van der Waals surface area contributed by atoms with Crippen molar-refractivity contribution in [2.24, 2.45) is 0 Å². The van der Waals surface area contributed by atoms with Crippen molar-refractivity contribution in [1.82, 2.24) is 20.4 Å². The Hall–Kier alpha value is -1.05. The number of carbonyl (C=O) groups excluding carboxylic acids is 1. The molecule has 0 saturated carbocycles. The predicted molar refractivity (Wildman–Crippen MR) is 58.4 cm³/mol. The molecule has 2 amide bonds. The Morgan fingerprint density at radius 1 is 1.16 bits per heavy atom. The van der Waals surface area contributed by atoms with Gasteiger partial charge in [-0.2, -0.15) is 0 Å². The van der Waals surface area contributed by atoms with E-state index < -0.39 is 51.1 Å². The normalized spacial score (nSPS) is 32.5. The van der Waals surface area contributed by atoms with Gasteiger partial charge in [-0.25, -0.2) is 14.6 Å². The number of hydrogen-bond donors (Lipinski definition) is 8. The minimum atomic E-state index is -2.24. The largest absolute Gasteiger partial charge is 0.390 e. The fourth-order valence-electron chi connectivity index (χ4n) is 1.92. The van der Waals surface area contributed by atoms with Gasteiger partial charge in [0, 0.05) is 0 Å². The van der Waals surface area contributed by atoms with E-state index in [4.69, 9.17) is 15.3 Å². The van der Waals surface area contributed by atoms with Crippen molar-refractivity contribution in [3.63, 3.8) is 0 Å². The van der Waals surface area contributed by atoms with E-state index in [0.717, 1.165) is 4.90 Å². The second kappa shape index (κ2) is 6.40. The number of aliphatic hydroxyl groups is 6. The average molecular weight is 282 g/mol. The van der Waals surface area contributed by atoms with Crippen LogP contribution >= 0.6 is 0 Å². The molecule has 0 radical (unpaired) electrons. The lowest BCUT2D eigenvalue weighted by atomic mass is 10.4. The molecule has 0 spiro atoms. The van der Waals surface area contributed by atoms with Gasteiger partial charge in [0.2, 0.25) is 5.85 Å². The van der Waals surface area contributed by atoms with Gasteiger partial charge in [-0.1, -0.05) is 0 Å². The van der Waals surface area contributed by atoms with Gasteiger partial charge in [0.05, 0.1) is 0 Å². The Morgan fingerprint density at radius 2 is 1.74 bits per heavy atom. The highest BCUT2D eigenvalue weighted by Crippen LogP contribution is 2.30. The quantitative estimate of drug-likeness (QED) is 0.230. The zero-order valence-electron chi connectivity index (χ0n) is 9.97. The van der Waals surface area contributed by atoms with Gasteiger partial charge in [0.25, 0.3) is 0 Å². The Labute approximate surface area is 108 Å². The molecule has 11 nitrogen and oxygen atoms in total. The molecule has 8 N–H and O–H groups in total. The van der Waals surface area contributed by atoms with Crippen LogP contribution in [0.3, 0.4) is 0 Å². The third kappa shape index (κ3) is 2.77. The monoisotopic (exact) mass is 282 g/mol. The van der Waals surface area contributed by atoms with Gasteiger partial charge >= 0.3 is 6.03 Å². The van der Waals surface area contributed by atoms with Crippen molar-refractivity contribution in [3.05, 3.63) is 0 Å². The molecule has 112 valence electrons. The summed E-state index contributed by atoms with van der Waals surface area (Å²) < 4.78 is 0. The smallest absolute Gasteiger partial charge is 0.317 e. The second-order valence-electron chi connectivity index (χ2n) is 3.82. The molecule has 1 saturated heterocycles. The lowest BCUT2D eigenvalue weighted by Crippen LogP contribution is -2.60. The molecule has 11 heteroatoms. The Kier molecular flexibility index (Phi) is 5.39. The van der Waals surface area contributed by atoms with Crippen molar-refractivity contribution >= 4 is 6.03 Å². The van der Waals surface area contributed by atoms with Crippen LogP contribution in [-0.4, -0.2) is 91.5 Å². The summed E-state index contributed by atoms with van der Waals surface area (Å²) in [6.07, 6.45) is -2.89. The fraction of sp³-hybridized carbons (Fsp3) is 0.875. The van der Waals surface area contributed by atoms with E-state index in [0.29, 0.717) is 4.90 Å². The fourth-order valence-corrected chi connectivity index (χ4v) is 1.92. The van der Waals surface area contributed by atoms with Crippen molar-refractivity contribution in [3.8, 4) is 0 Å². The van der Waals surface area contributed by atoms with E-state index >= 15 is 0 Å². The van der Waals surface area contributed by atoms with Crippen LogP contribution in [0.1, 0.15) is 0 Å². The summed E-state index contributed by atoms with van der Waals surface area (Å²) in [5.74, 6) is -2.24. The molecule has 19 heavy (non-hydrogen) atoms.